The van der Waals surface area contributed by atoms with Gasteiger partial charge in [0.05, 0.1) is 12.6 Å². The van der Waals surface area contributed by atoms with Crippen LogP contribution in [0.2, 0.25) is 0 Å². The SMILES string of the molecule is O=C(CNCC1CCCO1)Nc1nnc(-c2ccccc2)s1. The van der Waals surface area contributed by atoms with E-state index in [0.717, 1.165) is 30.0 Å². The van der Waals surface area contributed by atoms with Crippen LogP contribution in [0, 0.1) is 0 Å². The Labute approximate surface area is 132 Å². The maximum absolute atomic E-state index is 11.9. The standard InChI is InChI=1S/C15H18N4O2S/c20-13(10-16-9-12-7-4-8-21-12)17-15-19-18-14(22-15)11-5-2-1-3-6-11/h1-3,5-6,12,16H,4,7-10H2,(H,17,19,20). The lowest BCUT2D eigenvalue weighted by molar-refractivity contribution is -0.115. The minimum atomic E-state index is -0.117. The van der Waals surface area contributed by atoms with E-state index in [1.807, 2.05) is 30.3 Å². The number of aromatic nitrogens is 2. The number of ether oxygens (including phenoxy) is 1. The topological polar surface area (TPSA) is 76.1 Å². The Morgan fingerprint density at radius 1 is 1.32 bits per heavy atom. The zero-order chi connectivity index (χ0) is 15.2. The van der Waals surface area contributed by atoms with Crippen LogP contribution >= 0.6 is 11.3 Å². The molecule has 1 amide bonds. The number of carbonyl (C=O) groups excluding carboxylic acids is 1. The Morgan fingerprint density at radius 2 is 2.18 bits per heavy atom. The first-order valence-corrected chi connectivity index (χ1v) is 8.14. The van der Waals surface area contributed by atoms with E-state index in [9.17, 15) is 4.79 Å². The molecule has 1 saturated heterocycles. The first-order chi connectivity index (χ1) is 10.8. The summed E-state index contributed by atoms with van der Waals surface area (Å²) in [6.07, 6.45) is 2.40. The summed E-state index contributed by atoms with van der Waals surface area (Å²) in [6, 6.07) is 9.78. The molecule has 6 nitrogen and oxygen atoms in total. The molecule has 2 heterocycles. The Balaban J connectivity index is 1.46. The van der Waals surface area contributed by atoms with Gasteiger partial charge in [0.2, 0.25) is 11.0 Å². The van der Waals surface area contributed by atoms with Crippen LogP contribution in [-0.4, -0.2) is 41.9 Å². The van der Waals surface area contributed by atoms with Gasteiger partial charge in [-0.25, -0.2) is 0 Å². The van der Waals surface area contributed by atoms with Crippen molar-refractivity contribution in [2.45, 2.75) is 18.9 Å². The van der Waals surface area contributed by atoms with Gasteiger partial charge < -0.3 is 10.1 Å². The van der Waals surface area contributed by atoms with Crippen molar-refractivity contribution in [2.75, 3.05) is 25.0 Å². The molecule has 0 bridgehead atoms. The molecule has 3 rings (SSSR count). The predicted octanol–water partition coefficient (Wildman–Crippen LogP) is 1.91. The van der Waals surface area contributed by atoms with Gasteiger partial charge in [0.25, 0.3) is 0 Å². The van der Waals surface area contributed by atoms with Gasteiger partial charge in [0, 0.05) is 18.7 Å². The van der Waals surface area contributed by atoms with Crippen LogP contribution in [0.15, 0.2) is 30.3 Å². The Kier molecular flexibility index (Phi) is 5.10. The summed E-state index contributed by atoms with van der Waals surface area (Å²) in [7, 11) is 0. The minimum Gasteiger partial charge on any atom is -0.377 e. The molecule has 7 heteroatoms. The predicted molar refractivity (Wildman–Crippen MR) is 85.8 cm³/mol. The van der Waals surface area contributed by atoms with Crippen molar-refractivity contribution >= 4 is 22.4 Å². The molecule has 1 aliphatic heterocycles. The van der Waals surface area contributed by atoms with E-state index >= 15 is 0 Å². The smallest absolute Gasteiger partial charge is 0.240 e. The number of hydrogen-bond donors (Lipinski definition) is 2. The first-order valence-electron chi connectivity index (χ1n) is 7.32. The zero-order valence-electron chi connectivity index (χ0n) is 12.1. The van der Waals surface area contributed by atoms with Crippen LogP contribution in [0.25, 0.3) is 10.6 Å². The number of rotatable bonds is 6. The summed E-state index contributed by atoms with van der Waals surface area (Å²) in [5, 5.41) is 15.3. The van der Waals surface area contributed by atoms with Gasteiger partial charge in [-0.15, -0.1) is 10.2 Å². The molecular formula is C15H18N4O2S. The minimum absolute atomic E-state index is 0.117. The lowest BCUT2D eigenvalue weighted by Crippen LogP contribution is -2.33. The van der Waals surface area contributed by atoms with E-state index in [2.05, 4.69) is 20.8 Å². The Morgan fingerprint density at radius 3 is 2.95 bits per heavy atom. The number of hydrogen-bond acceptors (Lipinski definition) is 6. The van der Waals surface area contributed by atoms with E-state index in [-0.39, 0.29) is 18.6 Å². The molecule has 1 aliphatic rings. The zero-order valence-corrected chi connectivity index (χ0v) is 12.9. The summed E-state index contributed by atoms with van der Waals surface area (Å²) < 4.78 is 5.49. The van der Waals surface area contributed by atoms with E-state index in [4.69, 9.17) is 4.74 Å². The lowest BCUT2D eigenvalue weighted by atomic mass is 10.2. The molecule has 0 saturated carbocycles. The summed E-state index contributed by atoms with van der Waals surface area (Å²) >= 11 is 1.37. The van der Waals surface area contributed by atoms with Crippen LogP contribution in [0.4, 0.5) is 5.13 Å². The fourth-order valence-corrected chi connectivity index (χ4v) is 3.05. The van der Waals surface area contributed by atoms with E-state index in [1.54, 1.807) is 0 Å². The van der Waals surface area contributed by atoms with Gasteiger partial charge in [0.15, 0.2) is 0 Å². The van der Waals surface area contributed by atoms with Gasteiger partial charge in [0.1, 0.15) is 5.01 Å². The summed E-state index contributed by atoms with van der Waals surface area (Å²) in [6.45, 7) is 1.78. The molecule has 2 aromatic rings. The van der Waals surface area contributed by atoms with Gasteiger partial charge >= 0.3 is 0 Å². The highest BCUT2D eigenvalue weighted by atomic mass is 32.1. The highest BCUT2D eigenvalue weighted by Gasteiger charge is 2.15. The fourth-order valence-electron chi connectivity index (χ4n) is 2.29. The van der Waals surface area contributed by atoms with Crippen molar-refractivity contribution in [2.24, 2.45) is 0 Å². The molecule has 1 fully saturated rings. The second kappa shape index (κ2) is 7.44. The highest BCUT2D eigenvalue weighted by molar-refractivity contribution is 7.18. The van der Waals surface area contributed by atoms with Gasteiger partial charge in [-0.2, -0.15) is 0 Å². The third-order valence-electron chi connectivity index (χ3n) is 3.37. The normalized spacial score (nSPS) is 17.5. The van der Waals surface area contributed by atoms with Gasteiger partial charge in [-0.3, -0.25) is 10.1 Å². The lowest BCUT2D eigenvalue weighted by Gasteiger charge is -2.09. The molecule has 1 atom stereocenters. The third-order valence-corrected chi connectivity index (χ3v) is 4.26. The van der Waals surface area contributed by atoms with E-state index < -0.39 is 0 Å². The number of benzene rings is 1. The molecule has 1 aromatic carbocycles. The monoisotopic (exact) mass is 318 g/mol. The fraction of sp³-hybridized carbons (Fsp3) is 0.400. The molecule has 1 aromatic heterocycles. The van der Waals surface area contributed by atoms with Crippen molar-refractivity contribution in [3.8, 4) is 10.6 Å². The van der Waals surface area contributed by atoms with Gasteiger partial charge in [-0.1, -0.05) is 41.7 Å². The van der Waals surface area contributed by atoms with Crippen molar-refractivity contribution in [1.29, 1.82) is 0 Å². The number of carbonyl (C=O) groups is 1. The molecule has 116 valence electrons. The van der Waals surface area contributed by atoms with Crippen molar-refractivity contribution in [3.05, 3.63) is 30.3 Å². The highest BCUT2D eigenvalue weighted by Crippen LogP contribution is 2.25. The molecule has 22 heavy (non-hydrogen) atoms. The van der Waals surface area contributed by atoms with Crippen molar-refractivity contribution < 1.29 is 9.53 Å². The summed E-state index contributed by atoms with van der Waals surface area (Å²) in [5.41, 5.74) is 0.997. The largest absolute Gasteiger partial charge is 0.377 e. The van der Waals surface area contributed by atoms with E-state index in [0.29, 0.717) is 11.7 Å². The molecule has 2 N–H and O–H groups in total. The maximum atomic E-state index is 11.9. The average Bonchev–Trinajstić information content (AvgIpc) is 3.20. The maximum Gasteiger partial charge on any atom is 0.240 e. The van der Waals surface area contributed by atoms with Crippen LogP contribution in [0.3, 0.4) is 0 Å². The molecule has 1 unspecified atom stereocenters. The average molecular weight is 318 g/mol. The number of nitrogens with one attached hydrogen (secondary N) is 2. The second-order valence-electron chi connectivity index (χ2n) is 5.09. The number of anilines is 1. The Hall–Kier alpha value is -1.83. The number of nitrogens with zero attached hydrogens (tertiary/aromatic N) is 2. The quantitative estimate of drug-likeness (QED) is 0.851. The van der Waals surface area contributed by atoms with Crippen LogP contribution in [-0.2, 0) is 9.53 Å². The number of amides is 1. The van der Waals surface area contributed by atoms with E-state index in [1.165, 1.54) is 11.3 Å². The third kappa shape index (κ3) is 4.09. The molecule has 0 aliphatic carbocycles. The summed E-state index contributed by atoms with van der Waals surface area (Å²) in [4.78, 5) is 11.9. The van der Waals surface area contributed by atoms with Crippen LogP contribution < -0.4 is 10.6 Å². The first kappa shape index (κ1) is 15.1. The van der Waals surface area contributed by atoms with Crippen molar-refractivity contribution in [1.82, 2.24) is 15.5 Å². The van der Waals surface area contributed by atoms with Crippen LogP contribution in [0.1, 0.15) is 12.8 Å². The van der Waals surface area contributed by atoms with Crippen LogP contribution in [0.5, 0.6) is 0 Å². The molecule has 0 radical (unpaired) electrons. The Bertz CT molecular complexity index is 611. The van der Waals surface area contributed by atoms with Gasteiger partial charge in [-0.05, 0) is 12.8 Å². The molecule has 0 spiro atoms. The molecular weight excluding hydrogens is 300 g/mol. The summed E-state index contributed by atoms with van der Waals surface area (Å²) in [5.74, 6) is -0.117. The second-order valence-corrected chi connectivity index (χ2v) is 6.07. The van der Waals surface area contributed by atoms with Crippen molar-refractivity contribution in [3.63, 3.8) is 0 Å².